The van der Waals surface area contributed by atoms with Gasteiger partial charge in [0.1, 0.15) is 0 Å². The molecule has 132 valence electrons. The first kappa shape index (κ1) is 17.5. The highest BCUT2D eigenvalue weighted by Gasteiger charge is 2.21. The molecule has 0 amide bonds. The fraction of sp³-hybridized carbons (Fsp3) is 0.217. The third kappa shape index (κ3) is 3.22. The number of benzene rings is 3. The first-order valence-electron chi connectivity index (χ1n) is 9.00. The summed E-state index contributed by atoms with van der Waals surface area (Å²) in [5.41, 5.74) is 3.82. The molecule has 1 aliphatic rings. The average Bonchev–Trinajstić information content (AvgIpc) is 2.69. The maximum Gasteiger partial charge on any atom is 0.0595 e. The summed E-state index contributed by atoms with van der Waals surface area (Å²) in [6.07, 6.45) is 6.93. The average molecular weight is 382 g/mol. The number of hydrogen-bond donors (Lipinski definition) is 1. The van der Waals surface area contributed by atoms with Crippen LogP contribution in [0.15, 0.2) is 66.7 Å². The second kappa shape index (κ2) is 7.34. The fourth-order valence-corrected chi connectivity index (χ4v) is 4.27. The highest BCUT2D eigenvalue weighted by atomic mass is 35.5. The third-order valence-electron chi connectivity index (χ3n) is 5.36. The summed E-state index contributed by atoms with van der Waals surface area (Å²) in [5, 5.41) is 7.16. The Morgan fingerprint density at radius 3 is 2.23 bits per heavy atom. The van der Waals surface area contributed by atoms with Gasteiger partial charge in [0.25, 0.3) is 0 Å². The maximum absolute atomic E-state index is 6.19. The van der Waals surface area contributed by atoms with Gasteiger partial charge in [-0.25, -0.2) is 0 Å². The van der Waals surface area contributed by atoms with Crippen molar-refractivity contribution in [3.8, 4) is 0 Å². The van der Waals surface area contributed by atoms with Gasteiger partial charge in [0.2, 0.25) is 0 Å². The third-order valence-corrected chi connectivity index (χ3v) is 6.10. The molecule has 0 aromatic heterocycles. The lowest BCUT2D eigenvalue weighted by Gasteiger charge is -2.25. The van der Waals surface area contributed by atoms with Crippen molar-refractivity contribution in [3.63, 3.8) is 0 Å². The zero-order valence-electron chi connectivity index (χ0n) is 14.7. The van der Waals surface area contributed by atoms with E-state index < -0.39 is 0 Å². The van der Waals surface area contributed by atoms with Crippen molar-refractivity contribution in [3.05, 3.63) is 87.9 Å². The molecule has 0 aliphatic heterocycles. The summed E-state index contributed by atoms with van der Waals surface area (Å²) in [5.74, 6) is 0.855. The quantitative estimate of drug-likeness (QED) is 0.465. The van der Waals surface area contributed by atoms with Gasteiger partial charge >= 0.3 is 0 Å². The van der Waals surface area contributed by atoms with Gasteiger partial charge in [-0.2, -0.15) is 0 Å². The number of allylic oxidation sites excluding steroid dienone is 2. The van der Waals surface area contributed by atoms with E-state index >= 15 is 0 Å². The highest BCUT2D eigenvalue weighted by Crippen LogP contribution is 2.40. The van der Waals surface area contributed by atoms with Crippen LogP contribution in [-0.4, -0.2) is 7.05 Å². The zero-order chi connectivity index (χ0) is 18.1. The van der Waals surface area contributed by atoms with Crippen molar-refractivity contribution in [2.24, 2.45) is 0 Å². The minimum Gasteiger partial charge on any atom is -0.388 e. The number of hydrogen-bond acceptors (Lipinski definition) is 1. The van der Waals surface area contributed by atoms with Gasteiger partial charge in [-0.1, -0.05) is 71.8 Å². The van der Waals surface area contributed by atoms with Crippen molar-refractivity contribution in [1.29, 1.82) is 0 Å². The topological polar surface area (TPSA) is 12.0 Å². The Hall–Kier alpha value is -1.96. The monoisotopic (exact) mass is 381 g/mol. The predicted molar refractivity (Wildman–Crippen MR) is 114 cm³/mol. The zero-order valence-corrected chi connectivity index (χ0v) is 16.2. The molecule has 1 aliphatic carbocycles. The molecule has 1 unspecified atom stereocenters. The van der Waals surface area contributed by atoms with Crippen LogP contribution in [0.2, 0.25) is 10.0 Å². The fourth-order valence-electron chi connectivity index (χ4n) is 3.96. The summed E-state index contributed by atoms with van der Waals surface area (Å²) in [7, 11) is 1.98. The second-order valence-electron chi connectivity index (χ2n) is 6.85. The lowest BCUT2D eigenvalue weighted by Crippen LogP contribution is -2.07. The van der Waals surface area contributed by atoms with E-state index in [1.54, 1.807) is 0 Å². The molecule has 2 atom stereocenters. The SMILES string of the molecule is CNc1ccc(C2C=C[C@H](c3ccc(Cl)c(Cl)c3)CC2)c2ccccc12. The van der Waals surface area contributed by atoms with E-state index in [9.17, 15) is 0 Å². The molecule has 0 fully saturated rings. The molecule has 3 aromatic rings. The van der Waals surface area contributed by atoms with Crippen LogP contribution >= 0.6 is 23.2 Å². The van der Waals surface area contributed by atoms with E-state index in [4.69, 9.17) is 23.2 Å². The number of nitrogens with one attached hydrogen (secondary N) is 1. The smallest absolute Gasteiger partial charge is 0.0595 e. The van der Waals surface area contributed by atoms with E-state index in [2.05, 4.69) is 59.9 Å². The van der Waals surface area contributed by atoms with Crippen LogP contribution in [-0.2, 0) is 0 Å². The molecule has 0 radical (unpaired) electrons. The van der Waals surface area contributed by atoms with Crippen LogP contribution in [0.3, 0.4) is 0 Å². The van der Waals surface area contributed by atoms with E-state index in [-0.39, 0.29) is 0 Å². The summed E-state index contributed by atoms with van der Waals surface area (Å²) in [6, 6.07) is 19.1. The molecule has 0 bridgehead atoms. The standard InChI is InChI=1S/C23H21Cl2N/c1-26-23-13-11-18(19-4-2-3-5-20(19)23)16-8-6-15(7-9-16)17-10-12-21(24)22(25)14-17/h2-6,8,10-16,26H,7,9H2,1H3/t15-,16?/m0/s1. The maximum atomic E-state index is 6.19. The Morgan fingerprint density at radius 1 is 0.808 bits per heavy atom. The Labute approximate surface area is 164 Å². The molecule has 3 aromatic carbocycles. The number of halogens is 2. The normalized spacial score (nSPS) is 19.7. The molecule has 4 rings (SSSR count). The summed E-state index contributed by atoms with van der Waals surface area (Å²) < 4.78 is 0. The Balaban J connectivity index is 1.65. The van der Waals surface area contributed by atoms with Gasteiger partial charge in [-0.15, -0.1) is 0 Å². The van der Waals surface area contributed by atoms with Crippen LogP contribution in [0.1, 0.15) is 35.8 Å². The molecular weight excluding hydrogens is 361 g/mol. The number of rotatable bonds is 3. The Morgan fingerprint density at radius 2 is 1.54 bits per heavy atom. The van der Waals surface area contributed by atoms with Crippen LogP contribution in [0.25, 0.3) is 10.8 Å². The summed E-state index contributed by atoms with van der Waals surface area (Å²) in [6.45, 7) is 0. The van der Waals surface area contributed by atoms with Crippen molar-refractivity contribution in [2.75, 3.05) is 12.4 Å². The molecule has 1 nitrogen and oxygen atoms in total. The highest BCUT2D eigenvalue weighted by molar-refractivity contribution is 6.42. The summed E-state index contributed by atoms with van der Waals surface area (Å²) in [4.78, 5) is 0. The Bertz CT molecular complexity index is 977. The largest absolute Gasteiger partial charge is 0.388 e. The summed E-state index contributed by atoms with van der Waals surface area (Å²) >= 11 is 12.2. The lowest BCUT2D eigenvalue weighted by atomic mass is 9.80. The van der Waals surface area contributed by atoms with Crippen LogP contribution in [0, 0.1) is 0 Å². The second-order valence-corrected chi connectivity index (χ2v) is 7.66. The predicted octanol–water partition coefficient (Wildman–Crippen LogP) is 7.41. The number of fused-ring (bicyclic) bond motifs is 1. The molecular formula is C23H21Cl2N. The van der Waals surface area contributed by atoms with Crippen LogP contribution in [0.4, 0.5) is 5.69 Å². The molecule has 1 N–H and O–H groups in total. The van der Waals surface area contributed by atoms with Gasteiger partial charge in [0, 0.05) is 30.0 Å². The minimum atomic E-state index is 0.406. The van der Waals surface area contributed by atoms with E-state index in [0.29, 0.717) is 21.9 Å². The van der Waals surface area contributed by atoms with E-state index in [1.807, 2.05) is 19.2 Å². The molecule has 0 saturated carbocycles. The van der Waals surface area contributed by atoms with Crippen molar-refractivity contribution in [1.82, 2.24) is 0 Å². The van der Waals surface area contributed by atoms with Crippen LogP contribution in [0.5, 0.6) is 0 Å². The van der Waals surface area contributed by atoms with Gasteiger partial charge < -0.3 is 5.32 Å². The lowest BCUT2D eigenvalue weighted by molar-refractivity contribution is 0.603. The molecule has 0 spiro atoms. The molecule has 0 saturated heterocycles. The first-order valence-corrected chi connectivity index (χ1v) is 9.75. The van der Waals surface area contributed by atoms with Crippen LogP contribution < -0.4 is 5.32 Å². The van der Waals surface area contributed by atoms with Gasteiger partial charge in [0.05, 0.1) is 10.0 Å². The molecule has 3 heteroatoms. The first-order chi connectivity index (χ1) is 12.7. The van der Waals surface area contributed by atoms with Gasteiger partial charge in [-0.3, -0.25) is 0 Å². The number of anilines is 1. The van der Waals surface area contributed by atoms with E-state index in [0.717, 1.165) is 12.8 Å². The van der Waals surface area contributed by atoms with Crippen molar-refractivity contribution < 1.29 is 0 Å². The Kier molecular flexibility index (Phi) is 4.93. The minimum absolute atomic E-state index is 0.406. The van der Waals surface area contributed by atoms with E-state index in [1.165, 1.54) is 27.6 Å². The van der Waals surface area contributed by atoms with Crippen molar-refractivity contribution >= 4 is 39.7 Å². The van der Waals surface area contributed by atoms with Gasteiger partial charge in [0.15, 0.2) is 0 Å². The molecule has 26 heavy (non-hydrogen) atoms. The van der Waals surface area contributed by atoms with Gasteiger partial charge in [-0.05, 0) is 47.6 Å². The van der Waals surface area contributed by atoms with Crippen molar-refractivity contribution in [2.45, 2.75) is 24.7 Å². The molecule has 0 heterocycles.